The molecule has 0 saturated carbocycles. The van der Waals surface area contributed by atoms with Gasteiger partial charge in [0.15, 0.2) is 0 Å². The van der Waals surface area contributed by atoms with E-state index in [0.717, 1.165) is 43.8 Å². The van der Waals surface area contributed by atoms with Crippen molar-refractivity contribution in [3.05, 3.63) is 52.0 Å². The van der Waals surface area contributed by atoms with Crippen LogP contribution in [0.3, 0.4) is 0 Å². The minimum absolute atomic E-state index is 0.0618. The number of rotatable bonds is 5. The molecule has 0 atom stereocenters. The highest BCUT2D eigenvalue weighted by Crippen LogP contribution is 2.19. The summed E-state index contributed by atoms with van der Waals surface area (Å²) < 4.78 is 0. The van der Waals surface area contributed by atoms with Gasteiger partial charge in [0.1, 0.15) is 5.69 Å². The smallest absolute Gasteiger partial charge is 0.273 e. The van der Waals surface area contributed by atoms with Crippen molar-refractivity contribution in [3.63, 3.8) is 0 Å². The number of benzene rings is 1. The first kappa shape index (κ1) is 17.1. The summed E-state index contributed by atoms with van der Waals surface area (Å²) in [5, 5.41) is 2.95. The van der Waals surface area contributed by atoms with E-state index in [-0.39, 0.29) is 5.91 Å². The maximum Gasteiger partial charge on any atom is 0.273 e. The van der Waals surface area contributed by atoms with Crippen LogP contribution in [0.5, 0.6) is 0 Å². The number of aromatic nitrogens is 1. The second-order valence-electron chi connectivity index (χ2n) is 6.56. The fraction of sp³-hybridized carbons (Fsp3) is 0.474. The highest BCUT2D eigenvalue weighted by Gasteiger charge is 2.25. The van der Waals surface area contributed by atoms with Gasteiger partial charge in [0.05, 0.1) is 5.01 Å². The van der Waals surface area contributed by atoms with E-state index >= 15 is 0 Å². The van der Waals surface area contributed by atoms with Gasteiger partial charge in [-0.05, 0) is 45.0 Å². The molecule has 1 saturated heterocycles. The van der Waals surface area contributed by atoms with Crippen molar-refractivity contribution >= 4 is 17.2 Å². The number of piperidine rings is 1. The first-order valence-corrected chi connectivity index (χ1v) is 9.45. The zero-order valence-corrected chi connectivity index (χ0v) is 15.3. The third-order valence-electron chi connectivity index (χ3n) is 4.80. The first-order chi connectivity index (χ1) is 11.6. The summed E-state index contributed by atoms with van der Waals surface area (Å²) in [6.07, 6.45) is 3.94. The molecule has 1 aromatic carbocycles. The number of carbonyl (C=O) groups is 1. The van der Waals surface area contributed by atoms with Gasteiger partial charge >= 0.3 is 0 Å². The molecule has 1 aromatic heterocycles. The lowest BCUT2D eigenvalue weighted by Gasteiger charge is -2.34. The van der Waals surface area contributed by atoms with Crippen molar-refractivity contribution in [1.29, 1.82) is 0 Å². The van der Waals surface area contributed by atoms with E-state index < -0.39 is 0 Å². The van der Waals surface area contributed by atoms with E-state index in [9.17, 15) is 4.79 Å². The van der Waals surface area contributed by atoms with Crippen molar-refractivity contribution in [1.82, 2.24) is 14.8 Å². The Labute approximate surface area is 148 Å². The molecule has 24 heavy (non-hydrogen) atoms. The minimum Gasteiger partial charge on any atom is -0.337 e. The van der Waals surface area contributed by atoms with Gasteiger partial charge in [0.25, 0.3) is 5.91 Å². The molecule has 128 valence electrons. The van der Waals surface area contributed by atoms with Crippen LogP contribution in [-0.4, -0.2) is 53.9 Å². The number of carbonyl (C=O) groups excluding carboxylic acids is 1. The normalized spacial score (nSPS) is 16.2. The second kappa shape index (κ2) is 7.90. The Hall–Kier alpha value is -1.72. The van der Waals surface area contributed by atoms with Crippen molar-refractivity contribution in [3.8, 4) is 0 Å². The molecule has 0 radical (unpaired) electrons. The summed E-state index contributed by atoms with van der Waals surface area (Å²) in [5.74, 6) is 0.0618. The van der Waals surface area contributed by atoms with Crippen LogP contribution in [-0.2, 0) is 12.8 Å². The Bertz CT molecular complexity index is 662. The lowest BCUT2D eigenvalue weighted by molar-refractivity contribution is 0.0654. The molecule has 5 heteroatoms. The quantitative estimate of drug-likeness (QED) is 0.837. The van der Waals surface area contributed by atoms with Gasteiger partial charge in [0.2, 0.25) is 0 Å². The second-order valence-corrected chi connectivity index (χ2v) is 7.51. The van der Waals surface area contributed by atoms with Crippen molar-refractivity contribution in [2.75, 3.05) is 27.2 Å². The third-order valence-corrected chi connectivity index (χ3v) is 5.71. The summed E-state index contributed by atoms with van der Waals surface area (Å²) in [7, 11) is 4.05. The summed E-state index contributed by atoms with van der Waals surface area (Å²) in [5.41, 5.74) is 1.91. The number of hydrogen-bond acceptors (Lipinski definition) is 4. The van der Waals surface area contributed by atoms with E-state index in [4.69, 9.17) is 0 Å². The minimum atomic E-state index is 0.0618. The Morgan fingerprint density at radius 2 is 1.96 bits per heavy atom. The summed E-state index contributed by atoms with van der Waals surface area (Å²) in [4.78, 5) is 21.5. The first-order valence-electron chi connectivity index (χ1n) is 8.57. The van der Waals surface area contributed by atoms with Crippen molar-refractivity contribution < 1.29 is 4.79 Å². The van der Waals surface area contributed by atoms with Gasteiger partial charge in [0, 0.05) is 24.9 Å². The van der Waals surface area contributed by atoms with Crippen LogP contribution < -0.4 is 0 Å². The SMILES string of the molecule is CN1CCC(N(C)C(=O)c2csc(CCc3ccccc3)n2)CC1. The molecule has 0 spiro atoms. The highest BCUT2D eigenvalue weighted by molar-refractivity contribution is 7.09. The standard InChI is InChI=1S/C19H25N3OS/c1-21-12-10-16(11-13-21)22(2)19(23)17-14-24-18(20-17)9-8-15-6-4-3-5-7-15/h3-7,14,16H,8-13H2,1-2H3. The summed E-state index contributed by atoms with van der Waals surface area (Å²) in [6.45, 7) is 2.11. The van der Waals surface area contributed by atoms with Crippen LogP contribution in [0.1, 0.15) is 33.9 Å². The predicted molar refractivity (Wildman–Crippen MR) is 98.6 cm³/mol. The Morgan fingerprint density at radius 1 is 1.25 bits per heavy atom. The van der Waals surface area contributed by atoms with Gasteiger partial charge < -0.3 is 9.80 Å². The average molecular weight is 343 g/mol. The van der Waals surface area contributed by atoms with Crippen LogP contribution in [0.4, 0.5) is 0 Å². The molecule has 1 aliphatic rings. The highest BCUT2D eigenvalue weighted by atomic mass is 32.1. The Balaban J connectivity index is 1.57. The van der Waals surface area contributed by atoms with E-state index in [1.165, 1.54) is 5.56 Å². The van der Waals surface area contributed by atoms with Crippen LogP contribution >= 0.6 is 11.3 Å². The van der Waals surface area contributed by atoms with Gasteiger partial charge in [-0.1, -0.05) is 30.3 Å². The van der Waals surface area contributed by atoms with Gasteiger partial charge in [-0.2, -0.15) is 0 Å². The van der Waals surface area contributed by atoms with Crippen LogP contribution in [0.15, 0.2) is 35.7 Å². The number of likely N-dealkylation sites (tertiary alicyclic amines) is 1. The van der Waals surface area contributed by atoms with Crippen LogP contribution in [0.25, 0.3) is 0 Å². The maximum absolute atomic E-state index is 12.7. The van der Waals surface area contributed by atoms with E-state index in [1.807, 2.05) is 23.4 Å². The Kier molecular flexibility index (Phi) is 5.63. The zero-order valence-electron chi connectivity index (χ0n) is 14.4. The van der Waals surface area contributed by atoms with Gasteiger partial charge in [-0.3, -0.25) is 4.79 Å². The lowest BCUT2D eigenvalue weighted by atomic mass is 10.0. The van der Waals surface area contributed by atoms with Crippen molar-refractivity contribution in [2.45, 2.75) is 31.7 Å². The topological polar surface area (TPSA) is 36.4 Å². The monoisotopic (exact) mass is 343 g/mol. The van der Waals surface area contributed by atoms with E-state index in [1.54, 1.807) is 11.3 Å². The van der Waals surface area contributed by atoms with Crippen LogP contribution in [0, 0.1) is 0 Å². The molecule has 3 rings (SSSR count). The van der Waals surface area contributed by atoms with E-state index in [2.05, 4.69) is 41.2 Å². The largest absolute Gasteiger partial charge is 0.337 e. The lowest BCUT2D eigenvalue weighted by Crippen LogP contribution is -2.44. The number of thiazole rings is 1. The molecule has 1 aliphatic heterocycles. The third kappa shape index (κ3) is 4.22. The molecule has 0 unspecified atom stereocenters. The molecular weight excluding hydrogens is 318 g/mol. The summed E-state index contributed by atoms with van der Waals surface area (Å²) in [6, 6.07) is 10.7. The number of nitrogens with zero attached hydrogens (tertiary/aromatic N) is 3. The molecular formula is C19H25N3OS. The number of amides is 1. The molecule has 1 amide bonds. The predicted octanol–water partition coefficient (Wildman–Crippen LogP) is 3.09. The average Bonchev–Trinajstić information content (AvgIpc) is 3.09. The molecule has 1 fully saturated rings. The molecule has 0 aliphatic carbocycles. The Morgan fingerprint density at radius 3 is 2.67 bits per heavy atom. The molecule has 4 nitrogen and oxygen atoms in total. The molecule has 2 heterocycles. The molecule has 0 N–H and O–H groups in total. The number of hydrogen-bond donors (Lipinski definition) is 0. The van der Waals surface area contributed by atoms with Gasteiger partial charge in [-0.25, -0.2) is 4.98 Å². The molecule has 0 bridgehead atoms. The fourth-order valence-electron chi connectivity index (χ4n) is 3.15. The van der Waals surface area contributed by atoms with E-state index in [0.29, 0.717) is 11.7 Å². The maximum atomic E-state index is 12.7. The fourth-order valence-corrected chi connectivity index (χ4v) is 3.92. The summed E-state index contributed by atoms with van der Waals surface area (Å²) >= 11 is 1.59. The zero-order chi connectivity index (χ0) is 16.9. The van der Waals surface area contributed by atoms with Crippen LogP contribution in [0.2, 0.25) is 0 Å². The van der Waals surface area contributed by atoms with Crippen molar-refractivity contribution in [2.24, 2.45) is 0 Å². The number of aryl methyl sites for hydroxylation is 2. The van der Waals surface area contributed by atoms with Gasteiger partial charge in [-0.15, -0.1) is 11.3 Å². The molecule has 2 aromatic rings.